The van der Waals surface area contributed by atoms with Crippen LogP contribution >= 0.6 is 0 Å². The molecule has 0 radical (unpaired) electrons. The number of likely N-dealkylation sites (N-methyl/N-ethyl adjacent to an activating group) is 1. The highest BCUT2D eigenvalue weighted by molar-refractivity contribution is 5.43. The Morgan fingerprint density at radius 2 is 2.05 bits per heavy atom. The van der Waals surface area contributed by atoms with E-state index in [1.54, 1.807) is 0 Å². The van der Waals surface area contributed by atoms with Crippen LogP contribution in [0.1, 0.15) is 11.1 Å². The van der Waals surface area contributed by atoms with Gasteiger partial charge in [0.25, 0.3) is 0 Å². The van der Waals surface area contributed by atoms with Crippen LogP contribution in [0.4, 0.5) is 0 Å². The summed E-state index contributed by atoms with van der Waals surface area (Å²) >= 11 is 0. The van der Waals surface area contributed by atoms with E-state index in [9.17, 15) is 0 Å². The molecule has 0 aromatic heterocycles. The largest absolute Gasteiger partial charge is 0.489 e. The van der Waals surface area contributed by atoms with Gasteiger partial charge in [-0.15, -0.1) is 0 Å². The van der Waals surface area contributed by atoms with Crippen LogP contribution in [0.3, 0.4) is 0 Å². The predicted molar refractivity (Wildman–Crippen MR) is 74.4 cm³/mol. The molecule has 1 aliphatic rings. The fraction of sp³-hybridized carbons (Fsp3) is 0.250. The third-order valence-electron chi connectivity index (χ3n) is 3.28. The third-order valence-corrected chi connectivity index (χ3v) is 3.28. The summed E-state index contributed by atoms with van der Waals surface area (Å²) in [4.78, 5) is 0. The minimum absolute atomic E-state index is 0.0828. The smallest absolute Gasteiger partial charge is 0.154 e. The lowest BCUT2D eigenvalue weighted by Crippen LogP contribution is -2.28. The maximum atomic E-state index is 5.79. The van der Waals surface area contributed by atoms with Crippen LogP contribution in [0.5, 0.6) is 11.5 Å². The summed E-state index contributed by atoms with van der Waals surface area (Å²) in [5.74, 6) is 1.77. The Morgan fingerprint density at radius 1 is 1.21 bits per heavy atom. The molecule has 2 aromatic carbocycles. The molecule has 3 nitrogen and oxygen atoms in total. The van der Waals surface area contributed by atoms with Gasteiger partial charge in [0.15, 0.2) is 6.23 Å². The molecule has 0 spiro atoms. The van der Waals surface area contributed by atoms with Gasteiger partial charge in [-0.2, -0.15) is 0 Å². The molecular formula is C16H17NO2. The summed E-state index contributed by atoms with van der Waals surface area (Å²) in [6.07, 6.45) is 0.990. The molecule has 2 aromatic rings. The molecular weight excluding hydrogens is 238 g/mol. The van der Waals surface area contributed by atoms with E-state index in [4.69, 9.17) is 9.47 Å². The lowest BCUT2D eigenvalue weighted by molar-refractivity contribution is 0.202. The molecule has 1 unspecified atom stereocenters. The highest BCUT2D eigenvalue weighted by Gasteiger charge is 2.21. The first kappa shape index (κ1) is 12.1. The van der Waals surface area contributed by atoms with Crippen molar-refractivity contribution in [3.63, 3.8) is 0 Å². The average molecular weight is 255 g/mol. The SMILES string of the molecule is CNC1Cc2ccc(OCc3ccccc3)cc2O1. The van der Waals surface area contributed by atoms with E-state index in [2.05, 4.69) is 23.5 Å². The number of rotatable bonds is 4. The molecule has 19 heavy (non-hydrogen) atoms. The fourth-order valence-corrected chi connectivity index (χ4v) is 2.20. The number of nitrogens with one attached hydrogen (secondary N) is 1. The molecule has 1 heterocycles. The third kappa shape index (κ3) is 2.71. The van der Waals surface area contributed by atoms with Crippen molar-refractivity contribution in [3.05, 3.63) is 59.7 Å². The summed E-state index contributed by atoms with van der Waals surface area (Å²) in [5.41, 5.74) is 2.39. The van der Waals surface area contributed by atoms with Crippen molar-refractivity contribution in [1.82, 2.24) is 5.32 Å². The Bertz CT molecular complexity index is 554. The second-order valence-electron chi connectivity index (χ2n) is 4.64. The Hall–Kier alpha value is -2.00. The predicted octanol–water partition coefficient (Wildman–Crippen LogP) is 2.75. The van der Waals surface area contributed by atoms with Crippen LogP contribution in [-0.2, 0) is 13.0 Å². The zero-order valence-electron chi connectivity index (χ0n) is 10.9. The highest BCUT2D eigenvalue weighted by Crippen LogP contribution is 2.31. The maximum absolute atomic E-state index is 5.79. The zero-order valence-corrected chi connectivity index (χ0v) is 10.9. The normalized spacial score (nSPS) is 16.8. The first-order valence-electron chi connectivity index (χ1n) is 6.49. The topological polar surface area (TPSA) is 30.5 Å². The standard InChI is InChI=1S/C16H17NO2/c1-17-16-9-13-7-8-14(10-15(13)19-16)18-11-12-5-3-2-4-6-12/h2-8,10,16-17H,9,11H2,1H3. The fourth-order valence-electron chi connectivity index (χ4n) is 2.20. The van der Waals surface area contributed by atoms with E-state index >= 15 is 0 Å². The van der Waals surface area contributed by atoms with E-state index in [0.29, 0.717) is 6.61 Å². The molecule has 3 rings (SSSR count). The number of hydrogen-bond acceptors (Lipinski definition) is 3. The molecule has 0 aliphatic carbocycles. The minimum atomic E-state index is 0.0828. The Morgan fingerprint density at radius 3 is 2.84 bits per heavy atom. The quantitative estimate of drug-likeness (QED) is 0.911. The van der Waals surface area contributed by atoms with E-state index in [0.717, 1.165) is 23.5 Å². The first-order valence-corrected chi connectivity index (χ1v) is 6.49. The number of fused-ring (bicyclic) bond motifs is 1. The van der Waals surface area contributed by atoms with Gasteiger partial charge in [0.2, 0.25) is 0 Å². The molecule has 1 atom stereocenters. The molecule has 0 amide bonds. The summed E-state index contributed by atoms with van der Waals surface area (Å²) < 4.78 is 11.5. The van der Waals surface area contributed by atoms with Gasteiger partial charge in [0.05, 0.1) is 0 Å². The molecule has 0 fully saturated rings. The van der Waals surface area contributed by atoms with Crippen LogP contribution < -0.4 is 14.8 Å². The number of hydrogen-bond donors (Lipinski definition) is 1. The Kier molecular flexibility index (Phi) is 3.38. The van der Waals surface area contributed by atoms with Crippen molar-refractivity contribution in [1.29, 1.82) is 0 Å². The van der Waals surface area contributed by atoms with Gasteiger partial charge < -0.3 is 9.47 Å². The van der Waals surface area contributed by atoms with E-state index < -0.39 is 0 Å². The van der Waals surface area contributed by atoms with Crippen LogP contribution in [0.15, 0.2) is 48.5 Å². The van der Waals surface area contributed by atoms with Crippen LogP contribution in [-0.4, -0.2) is 13.3 Å². The Balaban J connectivity index is 1.67. The number of benzene rings is 2. The van der Waals surface area contributed by atoms with Crippen molar-refractivity contribution in [2.45, 2.75) is 19.3 Å². The monoisotopic (exact) mass is 255 g/mol. The second kappa shape index (κ2) is 5.33. The van der Waals surface area contributed by atoms with Crippen LogP contribution in [0.25, 0.3) is 0 Å². The van der Waals surface area contributed by atoms with Gasteiger partial charge in [-0.1, -0.05) is 36.4 Å². The highest BCUT2D eigenvalue weighted by atomic mass is 16.5. The molecule has 0 saturated heterocycles. The minimum Gasteiger partial charge on any atom is -0.489 e. The van der Waals surface area contributed by atoms with Crippen molar-refractivity contribution in [3.8, 4) is 11.5 Å². The van der Waals surface area contributed by atoms with Gasteiger partial charge in [-0.3, -0.25) is 5.32 Å². The lowest BCUT2D eigenvalue weighted by Gasteiger charge is -2.09. The van der Waals surface area contributed by atoms with Gasteiger partial charge in [0, 0.05) is 12.5 Å². The van der Waals surface area contributed by atoms with Gasteiger partial charge >= 0.3 is 0 Å². The molecule has 1 aliphatic heterocycles. The molecule has 1 N–H and O–H groups in total. The lowest BCUT2D eigenvalue weighted by atomic mass is 10.1. The summed E-state index contributed by atoms with van der Waals surface area (Å²) in [7, 11) is 1.91. The maximum Gasteiger partial charge on any atom is 0.154 e. The molecule has 3 heteroatoms. The van der Waals surface area contributed by atoms with Gasteiger partial charge in [-0.05, 0) is 24.2 Å². The van der Waals surface area contributed by atoms with Crippen molar-refractivity contribution in [2.75, 3.05) is 7.05 Å². The Labute approximate surface area is 113 Å². The summed E-state index contributed by atoms with van der Waals surface area (Å²) in [6, 6.07) is 16.2. The van der Waals surface area contributed by atoms with Gasteiger partial charge in [-0.25, -0.2) is 0 Å². The summed E-state index contributed by atoms with van der Waals surface area (Å²) in [5, 5.41) is 3.13. The van der Waals surface area contributed by atoms with Crippen molar-refractivity contribution in [2.24, 2.45) is 0 Å². The molecule has 98 valence electrons. The van der Waals surface area contributed by atoms with Crippen LogP contribution in [0, 0.1) is 0 Å². The van der Waals surface area contributed by atoms with Gasteiger partial charge in [0.1, 0.15) is 18.1 Å². The van der Waals surface area contributed by atoms with Crippen molar-refractivity contribution < 1.29 is 9.47 Å². The first-order chi connectivity index (χ1) is 9.35. The molecule has 0 saturated carbocycles. The molecule has 0 bridgehead atoms. The average Bonchev–Trinajstić information content (AvgIpc) is 2.88. The van der Waals surface area contributed by atoms with E-state index in [1.165, 1.54) is 5.56 Å². The van der Waals surface area contributed by atoms with E-state index in [1.807, 2.05) is 37.4 Å². The second-order valence-corrected chi connectivity index (χ2v) is 4.64. The van der Waals surface area contributed by atoms with Crippen LogP contribution in [0.2, 0.25) is 0 Å². The number of ether oxygens (including phenoxy) is 2. The van der Waals surface area contributed by atoms with Crippen molar-refractivity contribution >= 4 is 0 Å². The summed E-state index contributed by atoms with van der Waals surface area (Å²) in [6.45, 7) is 0.578. The van der Waals surface area contributed by atoms with E-state index in [-0.39, 0.29) is 6.23 Å². The zero-order chi connectivity index (χ0) is 13.1.